The maximum absolute atomic E-state index is 14.0. The SMILES string of the molecule is Cc1cc(Cl)c(OCCOc2ccc(CC(CN)C(=O)N(Cc3cc(C(C)(C)C#N)cc4cccnc34)C3CC3)cc2)c(Cl)c1. The van der Waals surface area contributed by atoms with E-state index in [1.54, 1.807) is 18.3 Å². The molecule has 0 spiro atoms. The molecule has 0 saturated heterocycles. The number of ether oxygens (including phenoxy) is 2. The fraction of sp³-hybridized carbons (Fsp3) is 0.361. The van der Waals surface area contributed by atoms with Crippen LogP contribution in [-0.4, -0.2) is 41.6 Å². The molecule has 1 atom stereocenters. The van der Waals surface area contributed by atoms with Crippen molar-refractivity contribution in [3.05, 3.63) is 99.2 Å². The van der Waals surface area contributed by atoms with Crippen molar-refractivity contribution in [1.29, 1.82) is 5.26 Å². The number of hydrogen-bond donors (Lipinski definition) is 1. The average molecular weight is 646 g/mol. The predicted molar refractivity (Wildman–Crippen MR) is 179 cm³/mol. The number of nitriles is 1. The van der Waals surface area contributed by atoms with Crippen molar-refractivity contribution in [2.45, 2.75) is 58.0 Å². The Labute approximate surface area is 274 Å². The number of rotatable bonds is 13. The Morgan fingerprint density at radius 1 is 1.09 bits per heavy atom. The van der Waals surface area contributed by atoms with Crippen LogP contribution >= 0.6 is 23.2 Å². The molecule has 1 aromatic heterocycles. The van der Waals surface area contributed by atoms with Crippen molar-refractivity contribution >= 4 is 40.0 Å². The first-order chi connectivity index (χ1) is 21.6. The van der Waals surface area contributed by atoms with Gasteiger partial charge < -0.3 is 20.1 Å². The predicted octanol–water partition coefficient (Wildman–Crippen LogP) is 7.42. The van der Waals surface area contributed by atoms with Crippen LogP contribution in [0.15, 0.2) is 66.9 Å². The van der Waals surface area contributed by atoms with Gasteiger partial charge in [0.2, 0.25) is 5.91 Å². The summed E-state index contributed by atoms with van der Waals surface area (Å²) in [5.41, 5.74) is 10.2. The molecule has 0 aliphatic heterocycles. The second kappa shape index (κ2) is 14.1. The summed E-state index contributed by atoms with van der Waals surface area (Å²) in [6.45, 7) is 7.00. The average Bonchev–Trinajstić information content (AvgIpc) is 3.87. The number of hydrogen-bond acceptors (Lipinski definition) is 6. The van der Waals surface area contributed by atoms with Gasteiger partial charge in [-0.1, -0.05) is 47.5 Å². The smallest absolute Gasteiger partial charge is 0.227 e. The Kier molecular flexibility index (Phi) is 10.2. The summed E-state index contributed by atoms with van der Waals surface area (Å²) in [4.78, 5) is 20.6. The summed E-state index contributed by atoms with van der Waals surface area (Å²) in [7, 11) is 0. The molecule has 1 aliphatic rings. The lowest BCUT2D eigenvalue weighted by molar-refractivity contribution is -0.136. The lowest BCUT2D eigenvalue weighted by Crippen LogP contribution is -2.41. The lowest BCUT2D eigenvalue weighted by Gasteiger charge is -2.28. The summed E-state index contributed by atoms with van der Waals surface area (Å²) in [6.07, 6.45) is 4.22. The zero-order chi connectivity index (χ0) is 32.1. The third kappa shape index (κ3) is 7.88. The van der Waals surface area contributed by atoms with Crippen molar-refractivity contribution in [1.82, 2.24) is 9.88 Å². The van der Waals surface area contributed by atoms with Crippen LogP contribution in [-0.2, 0) is 23.2 Å². The molecule has 2 N–H and O–H groups in total. The summed E-state index contributed by atoms with van der Waals surface area (Å²) in [6, 6.07) is 21.9. The number of benzene rings is 3. The van der Waals surface area contributed by atoms with E-state index in [1.807, 2.05) is 74.2 Å². The second-order valence-electron chi connectivity index (χ2n) is 12.2. The number of aromatic nitrogens is 1. The summed E-state index contributed by atoms with van der Waals surface area (Å²) >= 11 is 12.5. The highest BCUT2D eigenvalue weighted by molar-refractivity contribution is 6.37. The number of nitrogens with zero attached hydrogens (tertiary/aromatic N) is 3. The fourth-order valence-electron chi connectivity index (χ4n) is 5.41. The molecule has 0 radical (unpaired) electrons. The van der Waals surface area contributed by atoms with Crippen molar-refractivity contribution in [3.8, 4) is 17.6 Å². The molecule has 1 saturated carbocycles. The number of carbonyl (C=O) groups is 1. The zero-order valence-corrected chi connectivity index (χ0v) is 27.4. The topological polar surface area (TPSA) is 101 Å². The highest BCUT2D eigenvalue weighted by Gasteiger charge is 2.36. The van der Waals surface area contributed by atoms with E-state index < -0.39 is 5.41 Å². The molecule has 5 rings (SSSR count). The van der Waals surface area contributed by atoms with E-state index in [0.717, 1.165) is 46.0 Å². The molecular weight excluding hydrogens is 607 g/mol. The van der Waals surface area contributed by atoms with E-state index in [4.69, 9.17) is 38.4 Å². The number of aryl methyl sites for hydroxylation is 1. The number of fused-ring (bicyclic) bond motifs is 1. The number of amides is 1. The van der Waals surface area contributed by atoms with Crippen molar-refractivity contribution in [2.75, 3.05) is 19.8 Å². The third-order valence-electron chi connectivity index (χ3n) is 8.18. The minimum atomic E-state index is -0.668. The molecule has 9 heteroatoms. The monoisotopic (exact) mass is 644 g/mol. The molecule has 0 bridgehead atoms. The first kappa shape index (κ1) is 32.6. The lowest BCUT2D eigenvalue weighted by atomic mass is 9.84. The zero-order valence-electron chi connectivity index (χ0n) is 25.9. The maximum atomic E-state index is 14.0. The first-order valence-electron chi connectivity index (χ1n) is 15.2. The highest BCUT2D eigenvalue weighted by atomic mass is 35.5. The van der Waals surface area contributed by atoms with Crippen molar-refractivity contribution in [3.63, 3.8) is 0 Å². The van der Waals surface area contributed by atoms with E-state index in [-0.39, 0.29) is 31.0 Å². The molecule has 45 heavy (non-hydrogen) atoms. The second-order valence-corrected chi connectivity index (χ2v) is 13.0. The van der Waals surface area contributed by atoms with Gasteiger partial charge in [-0.25, -0.2) is 0 Å². The van der Waals surface area contributed by atoms with Gasteiger partial charge >= 0.3 is 0 Å². The highest BCUT2D eigenvalue weighted by Crippen LogP contribution is 2.35. The molecule has 1 heterocycles. The van der Waals surface area contributed by atoms with Gasteiger partial charge in [0.25, 0.3) is 0 Å². The fourth-order valence-corrected chi connectivity index (χ4v) is 6.12. The van der Waals surface area contributed by atoms with Gasteiger partial charge in [0.15, 0.2) is 5.75 Å². The van der Waals surface area contributed by atoms with Crippen LogP contribution < -0.4 is 15.2 Å². The van der Waals surface area contributed by atoms with Gasteiger partial charge in [-0.2, -0.15) is 5.26 Å². The minimum absolute atomic E-state index is 0.0416. The summed E-state index contributed by atoms with van der Waals surface area (Å²) < 4.78 is 11.6. The van der Waals surface area contributed by atoms with Crippen LogP contribution in [0.3, 0.4) is 0 Å². The van der Waals surface area contributed by atoms with Crippen molar-refractivity contribution in [2.24, 2.45) is 11.7 Å². The van der Waals surface area contributed by atoms with Crippen LogP contribution in [0, 0.1) is 24.2 Å². The Morgan fingerprint density at radius 3 is 2.42 bits per heavy atom. The van der Waals surface area contributed by atoms with Gasteiger partial charge in [-0.3, -0.25) is 9.78 Å². The van der Waals surface area contributed by atoms with Crippen molar-refractivity contribution < 1.29 is 14.3 Å². The Morgan fingerprint density at radius 2 is 1.78 bits per heavy atom. The number of halogens is 2. The van der Waals surface area contributed by atoms with E-state index in [2.05, 4.69) is 11.1 Å². The standard InChI is InChI=1S/C36H38Cl2N4O3/c1-23-15-31(37)34(32(38)16-23)45-14-13-44-30-10-6-24(7-11-30)17-26(20-39)35(43)42(29-8-9-29)21-27-19-28(36(2,3)22-40)18-25-5-4-12-41-33(25)27/h4-7,10-12,15-16,18-19,26,29H,8-9,13-14,17,20-21,39H2,1-3H3. The number of carbonyl (C=O) groups excluding carboxylic acids is 1. The van der Waals surface area contributed by atoms with Crippen LogP contribution in [0.1, 0.15) is 48.9 Å². The van der Waals surface area contributed by atoms with Gasteiger partial charge in [-0.05, 0) is 98.7 Å². The van der Waals surface area contributed by atoms with E-state index in [9.17, 15) is 10.1 Å². The molecule has 7 nitrogen and oxygen atoms in total. The van der Waals surface area contributed by atoms with Gasteiger partial charge in [0, 0.05) is 30.7 Å². The Hall–Kier alpha value is -3.83. The molecule has 234 valence electrons. The normalized spacial score (nSPS) is 13.7. The Bertz CT molecular complexity index is 1690. The minimum Gasteiger partial charge on any atom is -0.490 e. The largest absolute Gasteiger partial charge is 0.490 e. The molecule has 1 fully saturated rings. The first-order valence-corrected chi connectivity index (χ1v) is 16.0. The maximum Gasteiger partial charge on any atom is 0.227 e. The van der Waals surface area contributed by atoms with Gasteiger partial charge in [0.05, 0.1) is 33.0 Å². The van der Waals surface area contributed by atoms with Crippen LogP contribution in [0.5, 0.6) is 11.5 Å². The molecule has 1 amide bonds. The Balaban J connectivity index is 1.23. The van der Waals surface area contributed by atoms with E-state index in [1.165, 1.54) is 0 Å². The number of nitrogens with two attached hydrogens (primary N) is 1. The van der Waals surface area contributed by atoms with E-state index in [0.29, 0.717) is 41.1 Å². The number of pyridine rings is 1. The van der Waals surface area contributed by atoms with Crippen LogP contribution in [0.2, 0.25) is 10.0 Å². The van der Waals surface area contributed by atoms with E-state index >= 15 is 0 Å². The molecular formula is C36H38Cl2N4O3. The quantitative estimate of drug-likeness (QED) is 0.152. The van der Waals surface area contributed by atoms with Crippen LogP contribution in [0.25, 0.3) is 10.9 Å². The third-order valence-corrected chi connectivity index (χ3v) is 8.74. The van der Waals surface area contributed by atoms with Gasteiger partial charge in [0.1, 0.15) is 19.0 Å². The molecule has 1 unspecified atom stereocenters. The molecule has 1 aliphatic carbocycles. The molecule has 4 aromatic rings. The van der Waals surface area contributed by atoms with Crippen LogP contribution in [0.4, 0.5) is 0 Å². The summed E-state index contributed by atoms with van der Waals surface area (Å²) in [5, 5.41) is 11.7. The summed E-state index contributed by atoms with van der Waals surface area (Å²) in [5.74, 6) is 0.815. The van der Waals surface area contributed by atoms with Gasteiger partial charge in [-0.15, -0.1) is 0 Å². The molecule has 3 aromatic carbocycles.